The number of nitrogens with zero attached hydrogens (tertiary/aromatic N) is 3. The number of carbonyl (C=O) groups is 3. The number of imide groups is 1. The number of para-hydroxylation sites is 1. The van der Waals surface area contributed by atoms with E-state index in [9.17, 15) is 14.4 Å². The van der Waals surface area contributed by atoms with E-state index in [1.54, 1.807) is 30.2 Å². The molecule has 2 fully saturated rings. The van der Waals surface area contributed by atoms with Crippen molar-refractivity contribution in [2.75, 3.05) is 13.6 Å². The molecule has 1 N–H and O–H groups in total. The predicted octanol–water partition coefficient (Wildman–Crippen LogP) is 2.54. The van der Waals surface area contributed by atoms with Crippen molar-refractivity contribution in [3.05, 3.63) is 29.3 Å². The highest BCUT2D eigenvalue weighted by molar-refractivity contribution is 7.18. The number of likely N-dealkylation sites (N-methyl/N-ethyl adjacent to an activating group) is 1. The molecule has 1 aromatic carbocycles. The molecular weight excluding hydrogens is 364 g/mol. The fourth-order valence-electron chi connectivity index (χ4n) is 3.49. The van der Waals surface area contributed by atoms with Gasteiger partial charge < -0.3 is 10.2 Å². The summed E-state index contributed by atoms with van der Waals surface area (Å²) in [4.78, 5) is 44.9. The van der Waals surface area contributed by atoms with E-state index in [0.29, 0.717) is 0 Å². The number of carbonyl (C=O) groups excluding carboxylic acids is 3. The summed E-state index contributed by atoms with van der Waals surface area (Å²) in [6.07, 6.45) is 1.86. The minimum atomic E-state index is -0.866. The topological polar surface area (TPSA) is 82.6 Å². The second-order valence-corrected chi connectivity index (χ2v) is 8.56. The number of fused-ring (bicyclic) bond motifs is 1. The molecule has 1 saturated carbocycles. The van der Waals surface area contributed by atoms with Crippen LogP contribution in [0.2, 0.25) is 0 Å². The monoisotopic (exact) mass is 386 g/mol. The maximum Gasteiger partial charge on any atom is 0.325 e. The number of hydrogen-bond acceptors (Lipinski definition) is 5. The van der Waals surface area contributed by atoms with Gasteiger partial charge in [0.2, 0.25) is 5.91 Å². The molecule has 4 amide bonds. The van der Waals surface area contributed by atoms with Gasteiger partial charge in [-0.1, -0.05) is 12.1 Å². The molecule has 27 heavy (non-hydrogen) atoms. The van der Waals surface area contributed by atoms with Crippen LogP contribution >= 0.6 is 11.3 Å². The Bertz CT molecular complexity index is 905. The Morgan fingerprint density at radius 3 is 2.78 bits per heavy atom. The van der Waals surface area contributed by atoms with E-state index in [2.05, 4.69) is 10.3 Å². The van der Waals surface area contributed by atoms with Gasteiger partial charge in [0.25, 0.3) is 5.91 Å². The van der Waals surface area contributed by atoms with Gasteiger partial charge in [-0.2, -0.15) is 0 Å². The molecule has 7 nitrogen and oxygen atoms in total. The first kappa shape index (κ1) is 17.9. The second kappa shape index (κ2) is 6.30. The molecule has 2 aliphatic rings. The van der Waals surface area contributed by atoms with Crippen molar-refractivity contribution in [1.82, 2.24) is 20.1 Å². The van der Waals surface area contributed by atoms with Crippen LogP contribution in [0.15, 0.2) is 24.3 Å². The molecule has 2 aromatic rings. The third kappa shape index (κ3) is 2.97. The summed E-state index contributed by atoms with van der Waals surface area (Å²) in [6.45, 7) is 3.40. The van der Waals surface area contributed by atoms with E-state index in [0.717, 1.165) is 33.0 Å². The molecule has 1 aliphatic heterocycles. The Morgan fingerprint density at radius 2 is 2.11 bits per heavy atom. The molecule has 0 radical (unpaired) electrons. The number of rotatable bonds is 5. The van der Waals surface area contributed by atoms with Crippen LogP contribution in [0.4, 0.5) is 4.79 Å². The van der Waals surface area contributed by atoms with Gasteiger partial charge in [-0.15, -0.1) is 11.3 Å². The van der Waals surface area contributed by atoms with Crippen molar-refractivity contribution in [2.24, 2.45) is 5.92 Å². The molecular formula is C19H22N4O3S. The number of amides is 4. The normalized spacial score (nSPS) is 23.6. The van der Waals surface area contributed by atoms with Crippen LogP contribution in [0.5, 0.6) is 0 Å². The highest BCUT2D eigenvalue weighted by atomic mass is 32.1. The van der Waals surface area contributed by atoms with Crippen molar-refractivity contribution in [3.63, 3.8) is 0 Å². The maximum atomic E-state index is 12.7. The van der Waals surface area contributed by atoms with Crippen LogP contribution in [-0.2, 0) is 9.59 Å². The predicted molar refractivity (Wildman–Crippen MR) is 102 cm³/mol. The third-order valence-electron chi connectivity index (χ3n) is 5.63. The van der Waals surface area contributed by atoms with Crippen molar-refractivity contribution in [2.45, 2.75) is 38.3 Å². The lowest BCUT2D eigenvalue weighted by atomic mass is 9.96. The number of thiazole rings is 1. The van der Waals surface area contributed by atoms with Crippen molar-refractivity contribution in [1.29, 1.82) is 0 Å². The Morgan fingerprint density at radius 1 is 1.41 bits per heavy atom. The quantitative estimate of drug-likeness (QED) is 0.801. The van der Waals surface area contributed by atoms with Crippen LogP contribution in [0.1, 0.15) is 37.7 Å². The molecule has 1 saturated heterocycles. The minimum absolute atomic E-state index is 0.174. The van der Waals surface area contributed by atoms with Gasteiger partial charge in [-0.3, -0.25) is 14.5 Å². The van der Waals surface area contributed by atoms with E-state index in [1.807, 2.05) is 31.2 Å². The van der Waals surface area contributed by atoms with Gasteiger partial charge in [0.05, 0.1) is 16.3 Å². The van der Waals surface area contributed by atoms with Crippen LogP contribution in [-0.4, -0.2) is 51.8 Å². The van der Waals surface area contributed by atoms with Crippen LogP contribution < -0.4 is 5.32 Å². The maximum absolute atomic E-state index is 12.7. The largest absolute Gasteiger partial charge is 0.335 e. The van der Waals surface area contributed by atoms with Gasteiger partial charge in [-0.05, 0) is 44.7 Å². The molecule has 4 rings (SSSR count). The molecule has 2 unspecified atom stereocenters. The summed E-state index contributed by atoms with van der Waals surface area (Å²) in [5.74, 6) is -0.414. The highest BCUT2D eigenvalue weighted by Crippen LogP contribution is 2.42. The van der Waals surface area contributed by atoms with Gasteiger partial charge >= 0.3 is 6.03 Å². The van der Waals surface area contributed by atoms with Crippen LogP contribution in [0.25, 0.3) is 10.2 Å². The van der Waals surface area contributed by atoms with Gasteiger partial charge in [-0.25, -0.2) is 9.78 Å². The molecule has 8 heteroatoms. The summed E-state index contributed by atoms with van der Waals surface area (Å²) < 4.78 is 1.06. The first-order valence-corrected chi connectivity index (χ1v) is 9.88. The summed E-state index contributed by atoms with van der Waals surface area (Å²) in [5, 5.41) is 3.60. The number of aromatic nitrogens is 1. The van der Waals surface area contributed by atoms with E-state index in [-0.39, 0.29) is 30.3 Å². The lowest BCUT2D eigenvalue weighted by Crippen LogP contribution is -2.47. The Hall–Kier alpha value is -2.48. The number of nitrogens with one attached hydrogen (secondary N) is 1. The Kier molecular flexibility index (Phi) is 4.18. The molecule has 142 valence electrons. The van der Waals surface area contributed by atoms with Gasteiger partial charge in [0.1, 0.15) is 17.1 Å². The standard InChI is InChI=1S/C19H22N4O3S/c1-11(16-20-13-6-4-5-7-14(13)27-16)22(3)15(24)10-23-17(25)19(2,12-8-9-12)21-18(23)26/h4-7,11-12H,8-10H2,1-3H3,(H,21,26). The first-order chi connectivity index (χ1) is 12.8. The number of hydrogen-bond donors (Lipinski definition) is 1. The molecule has 1 aromatic heterocycles. The number of urea groups is 1. The van der Waals surface area contributed by atoms with Crippen LogP contribution in [0.3, 0.4) is 0 Å². The van der Waals surface area contributed by atoms with Crippen LogP contribution in [0, 0.1) is 5.92 Å². The second-order valence-electron chi connectivity index (χ2n) is 7.50. The highest BCUT2D eigenvalue weighted by Gasteiger charge is 2.56. The lowest BCUT2D eigenvalue weighted by Gasteiger charge is -2.25. The fraction of sp³-hybridized carbons (Fsp3) is 0.474. The minimum Gasteiger partial charge on any atom is -0.335 e. The SMILES string of the molecule is CC(c1nc2ccccc2s1)N(C)C(=O)CN1C(=O)NC(C)(C2CC2)C1=O. The molecule has 1 aliphatic carbocycles. The van der Waals surface area contributed by atoms with E-state index in [1.165, 1.54) is 0 Å². The Labute approximate surface area is 161 Å². The molecule has 2 atom stereocenters. The zero-order valence-electron chi connectivity index (χ0n) is 15.6. The van der Waals surface area contributed by atoms with Crippen molar-refractivity contribution < 1.29 is 14.4 Å². The third-order valence-corrected chi connectivity index (χ3v) is 6.84. The van der Waals surface area contributed by atoms with Crippen molar-refractivity contribution >= 4 is 39.4 Å². The Balaban J connectivity index is 1.47. The zero-order valence-corrected chi connectivity index (χ0v) is 16.4. The van der Waals surface area contributed by atoms with Gasteiger partial charge in [0.15, 0.2) is 0 Å². The molecule has 0 spiro atoms. The summed E-state index contributed by atoms with van der Waals surface area (Å²) in [6, 6.07) is 7.10. The van der Waals surface area contributed by atoms with Crippen molar-refractivity contribution in [3.8, 4) is 0 Å². The zero-order chi connectivity index (χ0) is 19.3. The summed E-state index contributed by atoms with van der Waals surface area (Å²) >= 11 is 1.54. The number of benzene rings is 1. The van der Waals surface area contributed by atoms with Gasteiger partial charge in [0, 0.05) is 7.05 Å². The first-order valence-electron chi connectivity index (χ1n) is 9.06. The average molecular weight is 386 g/mol. The van der Waals surface area contributed by atoms with E-state index < -0.39 is 11.6 Å². The fourth-order valence-corrected chi connectivity index (χ4v) is 4.56. The summed E-state index contributed by atoms with van der Waals surface area (Å²) in [5.41, 5.74) is 0.0358. The average Bonchev–Trinajstić information content (AvgIpc) is 3.38. The molecule has 0 bridgehead atoms. The summed E-state index contributed by atoms with van der Waals surface area (Å²) in [7, 11) is 1.68. The van der Waals surface area contributed by atoms with E-state index in [4.69, 9.17) is 0 Å². The molecule has 2 heterocycles. The van der Waals surface area contributed by atoms with E-state index >= 15 is 0 Å². The lowest BCUT2D eigenvalue weighted by molar-refractivity contribution is -0.139. The smallest absolute Gasteiger partial charge is 0.325 e.